The Kier molecular flexibility index (Phi) is 7.48. The Morgan fingerprint density at radius 1 is 1.11 bits per heavy atom. The minimum atomic E-state index is -0.848. The van der Waals surface area contributed by atoms with Gasteiger partial charge in [-0.15, -0.1) is 0 Å². The first-order chi connectivity index (χ1) is 13.5. The molecule has 0 fully saturated rings. The Hall–Kier alpha value is -3.93. The molecule has 0 heterocycles. The highest BCUT2D eigenvalue weighted by molar-refractivity contribution is 5.93. The number of carbonyl (C=O) groups is 2. The summed E-state index contributed by atoms with van der Waals surface area (Å²) in [5.74, 6) is -0.405. The van der Waals surface area contributed by atoms with Gasteiger partial charge in [0.05, 0.1) is 17.4 Å². The fourth-order valence-electron chi connectivity index (χ4n) is 2.42. The minimum absolute atomic E-state index is 0.0928. The predicted octanol–water partition coefficient (Wildman–Crippen LogP) is 2.36. The number of nitriles is 1. The van der Waals surface area contributed by atoms with E-state index in [0.717, 1.165) is 5.56 Å². The molecule has 28 heavy (non-hydrogen) atoms. The van der Waals surface area contributed by atoms with Gasteiger partial charge in [-0.1, -0.05) is 30.3 Å². The van der Waals surface area contributed by atoms with E-state index in [-0.39, 0.29) is 25.1 Å². The van der Waals surface area contributed by atoms with Crippen molar-refractivity contribution in [1.29, 1.82) is 5.26 Å². The lowest BCUT2D eigenvalue weighted by atomic mass is 10.1. The van der Waals surface area contributed by atoms with Gasteiger partial charge in [0.1, 0.15) is 6.04 Å². The average Bonchev–Trinajstić information content (AvgIpc) is 2.68. The maximum absolute atomic E-state index is 12.4. The standard InChI is InChI=1S/C19H19N5O4/c20-11-4-12-21-18(25)17(13-14-5-2-1-3-6-14)23-19(26)22-15-7-9-16(10-8-15)24(27)28/h1-3,5-10,17H,4,12-13H2,(H,21,25)(H2,22,23,26). The van der Waals surface area contributed by atoms with Crippen LogP contribution in [0.3, 0.4) is 0 Å². The number of hydrogen-bond donors (Lipinski definition) is 3. The molecular formula is C19H19N5O4. The maximum Gasteiger partial charge on any atom is 0.319 e. The van der Waals surface area contributed by atoms with E-state index in [1.165, 1.54) is 24.3 Å². The number of nitrogens with one attached hydrogen (secondary N) is 3. The van der Waals surface area contributed by atoms with Gasteiger partial charge in [-0.2, -0.15) is 5.26 Å². The summed E-state index contributed by atoms with van der Waals surface area (Å²) in [6.45, 7) is 0.187. The number of non-ortho nitro benzene ring substituents is 1. The Morgan fingerprint density at radius 2 is 1.79 bits per heavy atom. The summed E-state index contributed by atoms with van der Waals surface area (Å²) in [7, 11) is 0. The molecule has 0 saturated carbocycles. The third-order valence-electron chi connectivity index (χ3n) is 3.78. The zero-order valence-corrected chi connectivity index (χ0v) is 14.9. The first kappa shape index (κ1) is 20.4. The fraction of sp³-hybridized carbons (Fsp3) is 0.211. The summed E-state index contributed by atoms with van der Waals surface area (Å²) in [5.41, 5.74) is 1.12. The Balaban J connectivity index is 2.02. The molecule has 1 atom stereocenters. The summed E-state index contributed by atoms with van der Waals surface area (Å²) < 4.78 is 0. The van der Waals surface area contributed by atoms with Gasteiger partial charge < -0.3 is 16.0 Å². The maximum atomic E-state index is 12.4. The van der Waals surface area contributed by atoms with Crippen molar-refractivity contribution in [3.63, 3.8) is 0 Å². The van der Waals surface area contributed by atoms with Crippen molar-refractivity contribution < 1.29 is 14.5 Å². The van der Waals surface area contributed by atoms with Gasteiger partial charge in [0.25, 0.3) is 5.69 Å². The molecule has 0 spiro atoms. The smallest absolute Gasteiger partial charge is 0.319 e. The molecule has 2 aromatic carbocycles. The van der Waals surface area contributed by atoms with Gasteiger partial charge in [0.15, 0.2) is 0 Å². The number of hydrogen-bond acceptors (Lipinski definition) is 5. The summed E-state index contributed by atoms with van der Waals surface area (Å²) >= 11 is 0. The molecule has 0 saturated heterocycles. The third-order valence-corrected chi connectivity index (χ3v) is 3.78. The van der Waals surface area contributed by atoms with Crippen LogP contribution in [-0.2, 0) is 11.2 Å². The largest absolute Gasteiger partial charge is 0.353 e. The molecule has 0 aliphatic rings. The normalized spacial score (nSPS) is 11.0. The van der Waals surface area contributed by atoms with E-state index in [4.69, 9.17) is 5.26 Å². The van der Waals surface area contributed by atoms with E-state index in [0.29, 0.717) is 5.69 Å². The van der Waals surface area contributed by atoms with Gasteiger partial charge >= 0.3 is 6.03 Å². The SMILES string of the molecule is N#CCCNC(=O)C(Cc1ccccc1)NC(=O)Nc1ccc([N+](=O)[O-])cc1. The summed E-state index contributed by atoms with van der Waals surface area (Å²) in [6.07, 6.45) is 0.436. The van der Waals surface area contributed by atoms with Crippen LogP contribution in [0, 0.1) is 21.4 Å². The van der Waals surface area contributed by atoms with Crippen LogP contribution in [0.15, 0.2) is 54.6 Å². The topological polar surface area (TPSA) is 137 Å². The van der Waals surface area contributed by atoms with Crippen LogP contribution in [0.2, 0.25) is 0 Å². The lowest BCUT2D eigenvalue weighted by Crippen LogP contribution is -2.49. The van der Waals surface area contributed by atoms with Gasteiger partial charge in [-0.05, 0) is 17.7 Å². The number of nitro groups is 1. The first-order valence-corrected chi connectivity index (χ1v) is 8.50. The lowest BCUT2D eigenvalue weighted by molar-refractivity contribution is -0.384. The number of anilines is 1. The molecule has 0 radical (unpaired) electrons. The van der Waals surface area contributed by atoms with Gasteiger partial charge in [0.2, 0.25) is 5.91 Å². The Morgan fingerprint density at radius 3 is 2.39 bits per heavy atom. The molecule has 3 N–H and O–H groups in total. The number of carbonyl (C=O) groups excluding carboxylic acids is 2. The van der Waals surface area contributed by atoms with Crippen molar-refractivity contribution >= 4 is 23.3 Å². The number of nitrogens with zero attached hydrogens (tertiary/aromatic N) is 2. The van der Waals surface area contributed by atoms with Crippen molar-refractivity contribution in [3.8, 4) is 6.07 Å². The summed E-state index contributed by atoms with van der Waals surface area (Å²) in [6, 6.07) is 15.0. The second-order valence-electron chi connectivity index (χ2n) is 5.84. The van der Waals surface area contributed by atoms with Crippen LogP contribution < -0.4 is 16.0 Å². The molecule has 9 nitrogen and oxygen atoms in total. The number of urea groups is 1. The molecule has 0 aliphatic heterocycles. The van der Waals surface area contributed by atoms with Crippen molar-refractivity contribution in [3.05, 3.63) is 70.3 Å². The van der Waals surface area contributed by atoms with Crippen molar-refractivity contribution in [1.82, 2.24) is 10.6 Å². The number of benzene rings is 2. The highest BCUT2D eigenvalue weighted by atomic mass is 16.6. The second-order valence-corrected chi connectivity index (χ2v) is 5.84. The second kappa shape index (κ2) is 10.3. The highest BCUT2D eigenvalue weighted by Gasteiger charge is 2.21. The zero-order valence-electron chi connectivity index (χ0n) is 14.9. The molecule has 0 aromatic heterocycles. The Bertz CT molecular complexity index is 862. The molecular weight excluding hydrogens is 362 g/mol. The summed E-state index contributed by atoms with van der Waals surface area (Å²) in [5, 5.41) is 27.0. The molecule has 0 bridgehead atoms. The van der Waals surface area contributed by atoms with E-state index in [1.807, 2.05) is 36.4 Å². The molecule has 2 rings (SSSR count). The number of amides is 3. The summed E-state index contributed by atoms with van der Waals surface area (Å²) in [4.78, 5) is 34.8. The number of nitro benzene ring substituents is 1. The van der Waals surface area contributed by atoms with E-state index < -0.39 is 22.9 Å². The van der Waals surface area contributed by atoms with E-state index in [2.05, 4.69) is 16.0 Å². The highest BCUT2D eigenvalue weighted by Crippen LogP contribution is 2.15. The molecule has 144 valence electrons. The average molecular weight is 381 g/mol. The zero-order chi connectivity index (χ0) is 20.4. The molecule has 9 heteroatoms. The van der Waals surface area contributed by atoms with Crippen molar-refractivity contribution in [2.75, 3.05) is 11.9 Å². The van der Waals surface area contributed by atoms with Crippen molar-refractivity contribution in [2.24, 2.45) is 0 Å². The molecule has 0 aliphatic carbocycles. The van der Waals surface area contributed by atoms with Gasteiger partial charge in [-0.25, -0.2) is 4.79 Å². The van der Waals surface area contributed by atoms with Crippen LogP contribution in [0.1, 0.15) is 12.0 Å². The lowest BCUT2D eigenvalue weighted by Gasteiger charge is -2.19. The fourth-order valence-corrected chi connectivity index (χ4v) is 2.42. The van der Waals surface area contributed by atoms with Crippen LogP contribution in [0.4, 0.5) is 16.2 Å². The first-order valence-electron chi connectivity index (χ1n) is 8.50. The van der Waals surface area contributed by atoms with Gasteiger partial charge in [0, 0.05) is 30.8 Å². The van der Waals surface area contributed by atoms with E-state index in [1.54, 1.807) is 0 Å². The molecule has 3 amide bonds. The van der Waals surface area contributed by atoms with E-state index >= 15 is 0 Å². The van der Waals surface area contributed by atoms with Crippen LogP contribution >= 0.6 is 0 Å². The van der Waals surface area contributed by atoms with Crippen LogP contribution in [0.5, 0.6) is 0 Å². The predicted molar refractivity (Wildman–Crippen MR) is 102 cm³/mol. The number of rotatable bonds is 8. The van der Waals surface area contributed by atoms with E-state index in [9.17, 15) is 19.7 Å². The molecule has 1 unspecified atom stereocenters. The van der Waals surface area contributed by atoms with Gasteiger partial charge in [-0.3, -0.25) is 14.9 Å². The quantitative estimate of drug-likeness (QED) is 0.366. The monoisotopic (exact) mass is 381 g/mol. The van der Waals surface area contributed by atoms with Crippen molar-refractivity contribution in [2.45, 2.75) is 18.9 Å². The Labute approximate surface area is 161 Å². The van der Waals surface area contributed by atoms with Crippen LogP contribution in [0.25, 0.3) is 0 Å². The third kappa shape index (κ3) is 6.42. The van der Waals surface area contributed by atoms with Crippen LogP contribution in [-0.4, -0.2) is 29.4 Å². The molecule has 2 aromatic rings. The minimum Gasteiger partial charge on any atom is -0.353 e.